The number of benzene rings is 1. The van der Waals surface area contributed by atoms with Gasteiger partial charge in [0.15, 0.2) is 5.75 Å². The van der Waals surface area contributed by atoms with Crippen LogP contribution in [-0.4, -0.2) is 16.1 Å². The predicted octanol–water partition coefficient (Wildman–Crippen LogP) is 2.01. The zero-order valence-corrected chi connectivity index (χ0v) is 8.34. The molecule has 0 aliphatic heterocycles. The third-order valence-corrected chi connectivity index (χ3v) is 1.90. The number of hydrogen-bond donors (Lipinski definition) is 0. The third kappa shape index (κ3) is 2.44. The molecule has 1 heterocycles. The molecule has 0 radical (unpaired) electrons. The van der Waals surface area contributed by atoms with Crippen LogP contribution >= 0.6 is 0 Å². The molecule has 0 aliphatic carbocycles. The van der Waals surface area contributed by atoms with Gasteiger partial charge in [-0.3, -0.25) is 4.68 Å². The molecular formula is C11H9FN2O2. The Bertz CT molecular complexity index is 496. The molecule has 0 atom stereocenters. The lowest BCUT2D eigenvalue weighted by Crippen LogP contribution is -1.97. The van der Waals surface area contributed by atoms with Gasteiger partial charge in [-0.2, -0.15) is 5.10 Å². The molecule has 0 unspecified atom stereocenters. The number of carbonyl (C=O) groups is 1. The van der Waals surface area contributed by atoms with Crippen LogP contribution in [0.15, 0.2) is 36.7 Å². The monoisotopic (exact) mass is 220 g/mol. The molecule has 0 fully saturated rings. The van der Waals surface area contributed by atoms with Crippen LogP contribution in [0, 0.1) is 5.82 Å². The quantitative estimate of drug-likeness (QED) is 0.740. The van der Waals surface area contributed by atoms with Crippen LogP contribution < -0.4 is 4.74 Å². The van der Waals surface area contributed by atoms with E-state index in [9.17, 15) is 9.18 Å². The van der Waals surface area contributed by atoms with E-state index in [-0.39, 0.29) is 12.4 Å². The average Bonchev–Trinajstić information content (AvgIpc) is 2.66. The summed E-state index contributed by atoms with van der Waals surface area (Å²) >= 11 is 0. The summed E-state index contributed by atoms with van der Waals surface area (Å²) < 4.78 is 19.6. The number of halogens is 1. The Labute approximate surface area is 91.3 Å². The maximum absolute atomic E-state index is 12.8. The molecule has 0 amide bonds. The molecule has 4 nitrogen and oxygen atoms in total. The summed E-state index contributed by atoms with van der Waals surface area (Å²) in [5.41, 5.74) is 0. The average molecular weight is 220 g/mol. The Morgan fingerprint density at radius 2 is 2.31 bits per heavy atom. The largest absolute Gasteiger partial charge is 0.454 e. The summed E-state index contributed by atoms with van der Waals surface area (Å²) in [6.07, 6.45) is 3.77. The van der Waals surface area contributed by atoms with E-state index < -0.39 is 0 Å². The van der Waals surface area contributed by atoms with Gasteiger partial charge in [-0.25, -0.2) is 4.39 Å². The lowest BCUT2D eigenvalue weighted by Gasteiger charge is -2.01. The third-order valence-electron chi connectivity index (χ3n) is 1.90. The van der Waals surface area contributed by atoms with Gasteiger partial charge in [0.1, 0.15) is 17.9 Å². The van der Waals surface area contributed by atoms with Gasteiger partial charge in [-0.15, -0.1) is 0 Å². The van der Waals surface area contributed by atoms with Crippen LogP contribution in [0.1, 0.15) is 0 Å². The van der Waals surface area contributed by atoms with E-state index in [1.807, 2.05) is 0 Å². The van der Waals surface area contributed by atoms with Crippen LogP contribution in [0.3, 0.4) is 0 Å². The Hall–Kier alpha value is -2.17. The van der Waals surface area contributed by atoms with Crippen molar-refractivity contribution in [3.63, 3.8) is 0 Å². The van der Waals surface area contributed by atoms with Crippen molar-refractivity contribution in [3.8, 4) is 11.5 Å². The maximum Gasteiger partial charge on any atom is 0.165 e. The van der Waals surface area contributed by atoms with Gasteiger partial charge in [0.2, 0.25) is 0 Å². The van der Waals surface area contributed by atoms with E-state index in [1.54, 1.807) is 18.3 Å². The summed E-state index contributed by atoms with van der Waals surface area (Å²) in [5, 5.41) is 3.89. The van der Waals surface area contributed by atoms with Gasteiger partial charge in [0.05, 0.1) is 18.9 Å². The van der Waals surface area contributed by atoms with Gasteiger partial charge in [0, 0.05) is 6.07 Å². The van der Waals surface area contributed by atoms with Crippen molar-refractivity contribution in [1.82, 2.24) is 9.78 Å². The summed E-state index contributed by atoms with van der Waals surface area (Å²) in [5.74, 6) is 0.496. The van der Waals surface area contributed by atoms with Crippen molar-refractivity contribution in [2.75, 3.05) is 0 Å². The van der Waals surface area contributed by atoms with Crippen molar-refractivity contribution < 1.29 is 13.9 Å². The zero-order valence-electron chi connectivity index (χ0n) is 8.34. The van der Waals surface area contributed by atoms with Gasteiger partial charge >= 0.3 is 0 Å². The number of carbonyl (C=O) groups excluding carboxylic acids is 1. The number of nitrogens with zero attached hydrogens (tertiary/aromatic N) is 2. The van der Waals surface area contributed by atoms with E-state index >= 15 is 0 Å². The number of ether oxygens (including phenoxy) is 1. The molecule has 1 aromatic heterocycles. The molecule has 0 saturated heterocycles. The fourth-order valence-electron chi connectivity index (χ4n) is 1.24. The first-order chi connectivity index (χ1) is 7.78. The minimum absolute atomic E-state index is 0.173. The first-order valence-corrected chi connectivity index (χ1v) is 4.67. The summed E-state index contributed by atoms with van der Waals surface area (Å²) in [4.78, 5) is 10.2. The molecule has 2 aromatic rings. The van der Waals surface area contributed by atoms with Gasteiger partial charge in [0.25, 0.3) is 0 Å². The van der Waals surface area contributed by atoms with Crippen LogP contribution in [0.5, 0.6) is 11.5 Å². The zero-order chi connectivity index (χ0) is 11.4. The lowest BCUT2D eigenvalue weighted by molar-refractivity contribution is -0.108. The first kappa shape index (κ1) is 10.4. The summed E-state index contributed by atoms with van der Waals surface area (Å²) in [6, 6.07) is 5.81. The minimum atomic E-state index is -0.363. The second-order valence-electron chi connectivity index (χ2n) is 3.12. The predicted molar refractivity (Wildman–Crippen MR) is 54.8 cm³/mol. The normalized spacial score (nSPS) is 10.1. The van der Waals surface area contributed by atoms with Crippen molar-refractivity contribution in [2.24, 2.45) is 0 Å². The molecule has 0 aliphatic rings. The molecule has 0 spiro atoms. The molecule has 82 valence electrons. The van der Waals surface area contributed by atoms with Crippen LogP contribution in [0.2, 0.25) is 0 Å². The minimum Gasteiger partial charge on any atom is -0.454 e. The number of hydrogen-bond acceptors (Lipinski definition) is 3. The second kappa shape index (κ2) is 4.57. The summed E-state index contributed by atoms with van der Waals surface area (Å²) in [7, 11) is 0. The highest BCUT2D eigenvalue weighted by molar-refractivity contribution is 5.49. The highest BCUT2D eigenvalue weighted by Gasteiger charge is 2.01. The molecule has 0 bridgehead atoms. The highest BCUT2D eigenvalue weighted by atomic mass is 19.1. The van der Waals surface area contributed by atoms with E-state index in [2.05, 4.69) is 5.10 Å². The van der Waals surface area contributed by atoms with E-state index in [0.29, 0.717) is 11.5 Å². The Morgan fingerprint density at radius 3 is 3.06 bits per heavy atom. The van der Waals surface area contributed by atoms with Crippen LogP contribution in [0.4, 0.5) is 4.39 Å². The second-order valence-corrected chi connectivity index (χ2v) is 3.12. The van der Waals surface area contributed by atoms with Crippen molar-refractivity contribution in [1.29, 1.82) is 0 Å². The van der Waals surface area contributed by atoms with Crippen LogP contribution in [0.25, 0.3) is 0 Å². The summed E-state index contributed by atoms with van der Waals surface area (Å²) in [6.45, 7) is 0.173. The van der Waals surface area contributed by atoms with Crippen molar-refractivity contribution in [2.45, 2.75) is 6.54 Å². The molecular weight excluding hydrogens is 211 g/mol. The Morgan fingerprint density at radius 1 is 1.44 bits per heavy atom. The van der Waals surface area contributed by atoms with Crippen LogP contribution in [-0.2, 0) is 11.3 Å². The van der Waals surface area contributed by atoms with Gasteiger partial charge in [-0.05, 0) is 12.1 Å². The molecule has 1 aromatic carbocycles. The Balaban J connectivity index is 2.11. The topological polar surface area (TPSA) is 44.1 Å². The Kier molecular flexibility index (Phi) is 2.95. The highest BCUT2D eigenvalue weighted by Crippen LogP contribution is 2.20. The van der Waals surface area contributed by atoms with E-state index in [4.69, 9.17) is 4.74 Å². The standard InChI is InChI=1S/C11H9FN2O2/c12-9-2-1-3-10(6-9)16-11-7-13-14(8-11)4-5-15/h1-3,5-8H,4H2. The molecule has 2 rings (SSSR count). The molecule has 0 saturated carbocycles. The number of aldehydes is 1. The molecule has 0 N–H and O–H groups in total. The van der Waals surface area contributed by atoms with E-state index in [1.165, 1.54) is 23.0 Å². The smallest absolute Gasteiger partial charge is 0.165 e. The molecule has 16 heavy (non-hydrogen) atoms. The lowest BCUT2D eigenvalue weighted by atomic mass is 10.3. The number of aromatic nitrogens is 2. The van der Waals surface area contributed by atoms with Gasteiger partial charge < -0.3 is 9.53 Å². The number of rotatable bonds is 4. The fraction of sp³-hybridized carbons (Fsp3) is 0.0909. The van der Waals surface area contributed by atoms with E-state index in [0.717, 1.165) is 6.29 Å². The molecule has 5 heteroatoms. The maximum atomic E-state index is 12.8. The van der Waals surface area contributed by atoms with Crippen molar-refractivity contribution >= 4 is 6.29 Å². The fourth-order valence-corrected chi connectivity index (χ4v) is 1.24. The van der Waals surface area contributed by atoms with Crippen molar-refractivity contribution in [3.05, 3.63) is 42.5 Å². The van der Waals surface area contributed by atoms with Gasteiger partial charge in [-0.1, -0.05) is 6.07 Å². The first-order valence-electron chi connectivity index (χ1n) is 4.67. The SMILES string of the molecule is O=CCn1cc(Oc2cccc(F)c2)cn1.